The van der Waals surface area contributed by atoms with E-state index < -0.39 is 4.92 Å². The third-order valence-corrected chi connectivity index (χ3v) is 3.40. The summed E-state index contributed by atoms with van der Waals surface area (Å²) in [6.45, 7) is 4.80. The topological polar surface area (TPSA) is 81.5 Å². The molecule has 1 aromatic carbocycles. The number of nitrogens with one attached hydrogen (secondary N) is 1. The molecule has 0 fully saturated rings. The molecule has 0 unspecified atom stereocenters. The van der Waals surface area contributed by atoms with Crippen LogP contribution >= 0.6 is 11.8 Å². The largest absolute Gasteiger partial charge is 0.465 e. The Labute approximate surface area is 122 Å². The minimum atomic E-state index is -0.421. The summed E-state index contributed by atoms with van der Waals surface area (Å²) in [5, 5.41) is 13.9. The van der Waals surface area contributed by atoms with Gasteiger partial charge in [0.05, 0.1) is 17.3 Å². The Balaban J connectivity index is 2.72. The Morgan fingerprint density at radius 1 is 1.45 bits per heavy atom. The number of nitrogens with zero attached hydrogens (tertiary/aromatic N) is 1. The van der Waals surface area contributed by atoms with Crippen LogP contribution in [0.3, 0.4) is 0 Å². The minimum absolute atomic E-state index is 0.0541. The fourth-order valence-corrected chi connectivity index (χ4v) is 2.43. The summed E-state index contributed by atoms with van der Waals surface area (Å²) in [6.07, 6.45) is 0. The van der Waals surface area contributed by atoms with E-state index in [1.165, 1.54) is 23.9 Å². The van der Waals surface area contributed by atoms with Crippen molar-refractivity contribution in [1.82, 2.24) is 0 Å². The number of rotatable bonds is 8. The molecule has 0 saturated heterocycles. The maximum atomic E-state index is 11.3. The molecule has 0 bridgehead atoms. The highest BCUT2D eigenvalue weighted by Crippen LogP contribution is 2.26. The molecular weight excluding hydrogens is 280 g/mol. The van der Waals surface area contributed by atoms with Gasteiger partial charge in [-0.05, 0) is 25.5 Å². The van der Waals surface area contributed by atoms with Crippen LogP contribution in [0.15, 0.2) is 18.2 Å². The highest BCUT2D eigenvalue weighted by Gasteiger charge is 2.11. The highest BCUT2D eigenvalue weighted by molar-refractivity contribution is 7.99. The van der Waals surface area contributed by atoms with Gasteiger partial charge in [-0.15, -0.1) is 11.8 Å². The van der Waals surface area contributed by atoms with E-state index in [1.807, 2.05) is 6.92 Å². The Morgan fingerprint density at radius 3 is 2.80 bits per heavy atom. The number of ether oxygens (including phenoxy) is 1. The van der Waals surface area contributed by atoms with Gasteiger partial charge in [-0.25, -0.2) is 0 Å². The number of carbonyl (C=O) groups is 1. The minimum Gasteiger partial charge on any atom is -0.465 e. The molecule has 20 heavy (non-hydrogen) atoms. The zero-order valence-electron chi connectivity index (χ0n) is 11.5. The van der Waals surface area contributed by atoms with Gasteiger partial charge in [0.2, 0.25) is 0 Å². The van der Waals surface area contributed by atoms with Crippen molar-refractivity contribution in [3.8, 4) is 0 Å². The molecule has 0 heterocycles. The van der Waals surface area contributed by atoms with Crippen LogP contribution in [0.5, 0.6) is 0 Å². The average molecular weight is 298 g/mol. The molecule has 0 amide bonds. The third-order valence-electron chi connectivity index (χ3n) is 2.45. The number of non-ortho nitro benzene ring substituents is 1. The summed E-state index contributed by atoms with van der Waals surface area (Å²) in [5.74, 6) is 0.484. The zero-order valence-corrected chi connectivity index (χ0v) is 12.4. The van der Waals surface area contributed by atoms with Gasteiger partial charge in [0.15, 0.2) is 0 Å². The predicted molar refractivity (Wildman–Crippen MR) is 80.1 cm³/mol. The molecule has 1 rings (SSSR count). The van der Waals surface area contributed by atoms with Crippen molar-refractivity contribution in [2.75, 3.05) is 24.2 Å². The van der Waals surface area contributed by atoms with Crippen LogP contribution in [-0.4, -0.2) is 29.8 Å². The van der Waals surface area contributed by atoms with Crippen molar-refractivity contribution in [2.24, 2.45) is 0 Å². The summed E-state index contributed by atoms with van der Waals surface area (Å²) in [4.78, 5) is 21.6. The van der Waals surface area contributed by atoms with Gasteiger partial charge in [-0.3, -0.25) is 14.9 Å². The lowest BCUT2D eigenvalue weighted by molar-refractivity contribution is -0.384. The lowest BCUT2D eigenvalue weighted by Crippen LogP contribution is -2.07. The number of anilines is 1. The molecule has 0 spiro atoms. The number of benzene rings is 1. The monoisotopic (exact) mass is 298 g/mol. The standard InChI is InChI=1S/C13H18N2O4S/c1-3-14-12-6-5-11(15(17)18)7-10(12)8-20-9-13(16)19-4-2/h5-7,14H,3-4,8-9H2,1-2H3. The van der Waals surface area contributed by atoms with E-state index in [9.17, 15) is 14.9 Å². The van der Waals surface area contributed by atoms with Crippen molar-refractivity contribution in [1.29, 1.82) is 0 Å². The van der Waals surface area contributed by atoms with Crippen LogP contribution in [0.25, 0.3) is 0 Å². The molecule has 0 aliphatic heterocycles. The molecular formula is C13H18N2O4S. The van der Waals surface area contributed by atoms with E-state index in [-0.39, 0.29) is 17.4 Å². The maximum absolute atomic E-state index is 11.3. The third kappa shape index (κ3) is 5.08. The van der Waals surface area contributed by atoms with Crippen molar-refractivity contribution < 1.29 is 14.5 Å². The molecule has 0 aliphatic carbocycles. The van der Waals surface area contributed by atoms with Crippen LogP contribution in [0, 0.1) is 10.1 Å². The van der Waals surface area contributed by atoms with Gasteiger partial charge in [0.25, 0.3) is 5.69 Å². The molecule has 7 heteroatoms. The number of carbonyl (C=O) groups excluding carboxylic acids is 1. The van der Waals surface area contributed by atoms with Gasteiger partial charge < -0.3 is 10.1 Å². The van der Waals surface area contributed by atoms with Crippen LogP contribution in [-0.2, 0) is 15.3 Å². The predicted octanol–water partition coefficient (Wildman–Crippen LogP) is 2.82. The average Bonchev–Trinajstić information content (AvgIpc) is 2.40. The van der Waals surface area contributed by atoms with Crippen LogP contribution in [0.4, 0.5) is 11.4 Å². The molecule has 0 aromatic heterocycles. The van der Waals surface area contributed by atoms with Gasteiger partial charge >= 0.3 is 5.97 Å². The lowest BCUT2D eigenvalue weighted by atomic mass is 10.2. The molecule has 1 N–H and O–H groups in total. The molecule has 6 nitrogen and oxygen atoms in total. The van der Waals surface area contributed by atoms with E-state index >= 15 is 0 Å². The van der Waals surface area contributed by atoms with Crippen LogP contribution < -0.4 is 5.32 Å². The molecule has 0 saturated carbocycles. The number of hydrogen-bond acceptors (Lipinski definition) is 6. The summed E-state index contributed by atoms with van der Waals surface area (Å²) < 4.78 is 4.84. The number of thioether (sulfide) groups is 1. The SMILES string of the molecule is CCNc1ccc([N+](=O)[O-])cc1CSCC(=O)OCC. The van der Waals surface area contributed by atoms with Crippen LogP contribution in [0.1, 0.15) is 19.4 Å². The number of hydrogen-bond donors (Lipinski definition) is 1. The first-order valence-electron chi connectivity index (χ1n) is 6.33. The first-order chi connectivity index (χ1) is 9.58. The Bertz CT molecular complexity index is 479. The van der Waals surface area contributed by atoms with Crippen LogP contribution in [0.2, 0.25) is 0 Å². The molecule has 1 aromatic rings. The Morgan fingerprint density at radius 2 is 2.20 bits per heavy atom. The molecule has 110 valence electrons. The Kier molecular flexibility index (Phi) is 6.86. The van der Waals surface area contributed by atoms with E-state index in [0.717, 1.165) is 17.8 Å². The maximum Gasteiger partial charge on any atom is 0.315 e. The van der Waals surface area contributed by atoms with E-state index in [1.54, 1.807) is 13.0 Å². The number of nitro groups is 1. The van der Waals surface area contributed by atoms with Gasteiger partial charge in [-0.1, -0.05) is 0 Å². The van der Waals surface area contributed by atoms with Crippen molar-refractivity contribution in [3.63, 3.8) is 0 Å². The molecule has 0 aliphatic rings. The van der Waals surface area contributed by atoms with E-state index in [2.05, 4.69) is 5.32 Å². The normalized spacial score (nSPS) is 10.1. The van der Waals surface area contributed by atoms with Gasteiger partial charge in [-0.2, -0.15) is 0 Å². The van der Waals surface area contributed by atoms with E-state index in [4.69, 9.17) is 4.74 Å². The van der Waals surface area contributed by atoms with E-state index in [0.29, 0.717) is 12.4 Å². The first kappa shape index (κ1) is 16.3. The molecule has 0 radical (unpaired) electrons. The summed E-state index contributed by atoms with van der Waals surface area (Å²) >= 11 is 1.38. The zero-order chi connectivity index (χ0) is 15.0. The number of nitro benzene ring substituents is 1. The highest BCUT2D eigenvalue weighted by atomic mass is 32.2. The molecule has 0 atom stereocenters. The first-order valence-corrected chi connectivity index (χ1v) is 7.48. The second-order valence-electron chi connectivity index (χ2n) is 3.93. The van der Waals surface area contributed by atoms with Crippen molar-refractivity contribution >= 4 is 29.1 Å². The second kappa shape index (κ2) is 8.42. The Hall–Kier alpha value is -1.76. The number of esters is 1. The lowest BCUT2D eigenvalue weighted by Gasteiger charge is -2.10. The summed E-state index contributed by atoms with van der Waals surface area (Å²) in [6, 6.07) is 4.70. The fourth-order valence-electron chi connectivity index (χ4n) is 1.62. The van der Waals surface area contributed by atoms with Crippen molar-refractivity contribution in [3.05, 3.63) is 33.9 Å². The summed E-state index contributed by atoms with van der Waals surface area (Å²) in [7, 11) is 0. The smallest absolute Gasteiger partial charge is 0.315 e. The van der Waals surface area contributed by atoms with Gasteiger partial charge in [0, 0.05) is 30.1 Å². The quantitative estimate of drug-likeness (QED) is 0.451. The fraction of sp³-hybridized carbons (Fsp3) is 0.462. The van der Waals surface area contributed by atoms with Crippen molar-refractivity contribution in [2.45, 2.75) is 19.6 Å². The second-order valence-corrected chi connectivity index (χ2v) is 4.91. The van der Waals surface area contributed by atoms with Gasteiger partial charge in [0.1, 0.15) is 0 Å². The summed E-state index contributed by atoms with van der Waals surface area (Å²) in [5.41, 5.74) is 1.73.